The van der Waals surface area contributed by atoms with Crippen molar-refractivity contribution in [2.75, 3.05) is 23.8 Å². The van der Waals surface area contributed by atoms with Gasteiger partial charge in [-0.2, -0.15) is 0 Å². The van der Waals surface area contributed by atoms with Crippen LogP contribution in [0.3, 0.4) is 0 Å². The molecule has 0 saturated carbocycles. The number of nitrogens with one attached hydrogen (secondary N) is 2. The van der Waals surface area contributed by atoms with Gasteiger partial charge in [0.15, 0.2) is 0 Å². The minimum Gasteiger partial charge on any atom is -0.494 e. The smallest absolute Gasteiger partial charge is 0.243 e. The topological polar surface area (TPSA) is 50.4 Å². The van der Waals surface area contributed by atoms with Gasteiger partial charge >= 0.3 is 0 Å². The summed E-state index contributed by atoms with van der Waals surface area (Å²) in [5, 5.41) is 6.56. The third-order valence-electron chi connectivity index (χ3n) is 3.95. The van der Waals surface area contributed by atoms with Gasteiger partial charge in [-0.25, -0.2) is 0 Å². The Balaban J connectivity index is 1.66. The maximum Gasteiger partial charge on any atom is 0.243 e. The second-order valence-corrected chi connectivity index (χ2v) is 6.63. The van der Waals surface area contributed by atoms with E-state index in [0.29, 0.717) is 5.02 Å². The summed E-state index contributed by atoms with van der Waals surface area (Å²) in [6.07, 6.45) is 6.14. The molecule has 0 fully saturated rings. The van der Waals surface area contributed by atoms with Crippen molar-refractivity contribution in [2.24, 2.45) is 0 Å². The second-order valence-electron chi connectivity index (χ2n) is 6.20. The monoisotopic (exact) mass is 374 g/mol. The molecule has 4 nitrogen and oxygen atoms in total. The molecule has 140 valence electrons. The molecule has 0 aromatic heterocycles. The van der Waals surface area contributed by atoms with Gasteiger partial charge in [0, 0.05) is 16.4 Å². The van der Waals surface area contributed by atoms with E-state index in [1.165, 1.54) is 25.7 Å². The van der Waals surface area contributed by atoms with Crippen molar-refractivity contribution in [3.05, 3.63) is 53.6 Å². The van der Waals surface area contributed by atoms with Gasteiger partial charge in [0.1, 0.15) is 5.75 Å². The van der Waals surface area contributed by atoms with Crippen molar-refractivity contribution in [1.29, 1.82) is 0 Å². The third kappa shape index (κ3) is 7.79. The number of carbonyl (C=O) groups is 1. The van der Waals surface area contributed by atoms with E-state index in [1.807, 2.05) is 24.3 Å². The summed E-state index contributed by atoms with van der Waals surface area (Å²) in [6.45, 7) is 3.16. The standard InChI is InChI=1S/C21H27ClN2O2/c1-2-3-4-5-6-15-26-20-13-11-18(12-14-20)23-16-21(25)24-19-9-7-17(22)8-10-19/h7-14,23H,2-6,15-16H2,1H3,(H,24,25). The highest BCUT2D eigenvalue weighted by Crippen LogP contribution is 2.17. The molecule has 0 unspecified atom stereocenters. The van der Waals surface area contributed by atoms with Gasteiger partial charge in [0.25, 0.3) is 0 Å². The van der Waals surface area contributed by atoms with Crippen LogP contribution in [0.4, 0.5) is 11.4 Å². The minimum absolute atomic E-state index is 0.111. The van der Waals surface area contributed by atoms with Crippen LogP contribution in [0.15, 0.2) is 48.5 Å². The maximum absolute atomic E-state index is 12.0. The first-order valence-corrected chi connectivity index (χ1v) is 9.57. The molecule has 2 rings (SSSR count). The van der Waals surface area contributed by atoms with E-state index >= 15 is 0 Å². The van der Waals surface area contributed by atoms with Crippen LogP contribution in [0.1, 0.15) is 39.0 Å². The Morgan fingerprint density at radius 3 is 2.27 bits per heavy atom. The second kappa shape index (κ2) is 11.4. The quantitative estimate of drug-likeness (QED) is 0.493. The predicted molar refractivity (Wildman–Crippen MR) is 109 cm³/mol. The van der Waals surface area contributed by atoms with Crippen LogP contribution < -0.4 is 15.4 Å². The zero-order chi connectivity index (χ0) is 18.6. The van der Waals surface area contributed by atoms with Crippen LogP contribution in [0.2, 0.25) is 5.02 Å². The minimum atomic E-state index is -0.111. The fourth-order valence-corrected chi connectivity index (χ4v) is 2.61. The first kappa shape index (κ1) is 20.1. The average Bonchev–Trinajstić information content (AvgIpc) is 2.66. The van der Waals surface area contributed by atoms with E-state index in [1.54, 1.807) is 24.3 Å². The Labute approximate surface area is 160 Å². The fraction of sp³-hybridized carbons (Fsp3) is 0.381. The molecule has 2 aromatic rings. The molecule has 26 heavy (non-hydrogen) atoms. The molecule has 0 bridgehead atoms. The number of amides is 1. The summed E-state index contributed by atoms with van der Waals surface area (Å²) < 4.78 is 5.74. The molecule has 0 radical (unpaired) electrons. The number of anilines is 2. The molecule has 2 aromatic carbocycles. The van der Waals surface area contributed by atoms with Gasteiger partial charge in [0.2, 0.25) is 5.91 Å². The highest BCUT2D eigenvalue weighted by molar-refractivity contribution is 6.30. The van der Waals surface area contributed by atoms with E-state index < -0.39 is 0 Å². The number of carbonyl (C=O) groups excluding carboxylic acids is 1. The molecule has 0 aliphatic carbocycles. The summed E-state index contributed by atoms with van der Waals surface area (Å²) in [6, 6.07) is 14.7. The van der Waals surface area contributed by atoms with Crippen molar-refractivity contribution in [3.63, 3.8) is 0 Å². The lowest BCUT2D eigenvalue weighted by Gasteiger charge is -2.10. The van der Waals surface area contributed by atoms with Crippen molar-refractivity contribution in [2.45, 2.75) is 39.0 Å². The Hall–Kier alpha value is -2.20. The van der Waals surface area contributed by atoms with Crippen LogP contribution >= 0.6 is 11.6 Å². The Kier molecular flexibility index (Phi) is 8.84. The number of benzene rings is 2. The van der Waals surface area contributed by atoms with Crippen molar-refractivity contribution in [3.8, 4) is 5.75 Å². The molecular weight excluding hydrogens is 348 g/mol. The van der Waals surface area contributed by atoms with E-state index in [-0.39, 0.29) is 12.5 Å². The number of rotatable bonds is 11. The Bertz CT molecular complexity index is 657. The molecule has 0 saturated heterocycles. The maximum atomic E-state index is 12.0. The number of halogens is 1. The molecule has 0 heterocycles. The van der Waals surface area contributed by atoms with Gasteiger partial charge in [-0.3, -0.25) is 4.79 Å². The first-order chi connectivity index (χ1) is 12.7. The highest BCUT2D eigenvalue weighted by atomic mass is 35.5. The summed E-state index contributed by atoms with van der Waals surface area (Å²) in [5.41, 5.74) is 1.61. The molecular formula is C21H27ClN2O2. The molecule has 0 atom stereocenters. The zero-order valence-electron chi connectivity index (χ0n) is 15.3. The lowest BCUT2D eigenvalue weighted by Crippen LogP contribution is -2.21. The first-order valence-electron chi connectivity index (χ1n) is 9.19. The Morgan fingerprint density at radius 2 is 1.58 bits per heavy atom. The number of hydrogen-bond donors (Lipinski definition) is 2. The number of ether oxygens (including phenoxy) is 1. The zero-order valence-corrected chi connectivity index (χ0v) is 16.0. The third-order valence-corrected chi connectivity index (χ3v) is 4.20. The largest absolute Gasteiger partial charge is 0.494 e. The number of unbranched alkanes of at least 4 members (excludes halogenated alkanes) is 4. The van der Waals surface area contributed by atoms with Crippen molar-refractivity contribution in [1.82, 2.24) is 0 Å². The van der Waals surface area contributed by atoms with Crippen LogP contribution in [-0.4, -0.2) is 19.1 Å². The van der Waals surface area contributed by atoms with E-state index in [0.717, 1.165) is 30.2 Å². The van der Waals surface area contributed by atoms with Gasteiger partial charge in [-0.15, -0.1) is 0 Å². The molecule has 0 aliphatic heterocycles. The van der Waals surface area contributed by atoms with E-state index in [2.05, 4.69) is 17.6 Å². The number of hydrogen-bond acceptors (Lipinski definition) is 3. The normalized spacial score (nSPS) is 10.4. The molecule has 0 aliphatic rings. The van der Waals surface area contributed by atoms with Gasteiger partial charge < -0.3 is 15.4 Å². The van der Waals surface area contributed by atoms with Gasteiger partial charge in [-0.05, 0) is 55.0 Å². The van der Waals surface area contributed by atoms with E-state index in [9.17, 15) is 4.79 Å². The van der Waals surface area contributed by atoms with Crippen LogP contribution in [0, 0.1) is 0 Å². The Morgan fingerprint density at radius 1 is 0.923 bits per heavy atom. The lowest BCUT2D eigenvalue weighted by molar-refractivity contribution is -0.114. The fourth-order valence-electron chi connectivity index (χ4n) is 2.49. The molecule has 0 spiro atoms. The van der Waals surface area contributed by atoms with Crippen molar-refractivity contribution < 1.29 is 9.53 Å². The molecule has 5 heteroatoms. The average molecular weight is 375 g/mol. The highest BCUT2D eigenvalue weighted by Gasteiger charge is 2.03. The summed E-state index contributed by atoms with van der Waals surface area (Å²) in [7, 11) is 0. The van der Waals surface area contributed by atoms with Gasteiger partial charge in [-0.1, -0.05) is 44.2 Å². The predicted octanol–water partition coefficient (Wildman–Crippen LogP) is 5.74. The van der Waals surface area contributed by atoms with Gasteiger partial charge in [0.05, 0.1) is 13.2 Å². The van der Waals surface area contributed by atoms with Crippen LogP contribution in [0.5, 0.6) is 5.75 Å². The summed E-state index contributed by atoms with van der Waals surface area (Å²) >= 11 is 5.83. The van der Waals surface area contributed by atoms with Crippen LogP contribution in [-0.2, 0) is 4.79 Å². The van der Waals surface area contributed by atoms with E-state index in [4.69, 9.17) is 16.3 Å². The lowest BCUT2D eigenvalue weighted by atomic mass is 10.2. The van der Waals surface area contributed by atoms with Crippen LogP contribution in [0.25, 0.3) is 0 Å². The molecule has 2 N–H and O–H groups in total. The summed E-state index contributed by atoms with van der Waals surface area (Å²) in [4.78, 5) is 12.0. The molecule has 1 amide bonds. The SMILES string of the molecule is CCCCCCCOc1ccc(NCC(=O)Nc2ccc(Cl)cc2)cc1. The summed E-state index contributed by atoms with van der Waals surface area (Å²) in [5.74, 6) is 0.747. The van der Waals surface area contributed by atoms with Crippen molar-refractivity contribution >= 4 is 28.9 Å².